The van der Waals surface area contributed by atoms with E-state index >= 15 is 0 Å². The minimum Gasteiger partial charge on any atom is -0.497 e. The largest absolute Gasteiger partial charge is 0.497 e. The number of benzene rings is 1. The molecule has 5 heteroatoms. The Kier molecular flexibility index (Phi) is 4.66. The van der Waals surface area contributed by atoms with Crippen molar-refractivity contribution in [2.75, 3.05) is 18.6 Å². The highest BCUT2D eigenvalue weighted by Gasteiger charge is 2.35. The fraction of sp³-hybridized carbons (Fsp3) is 0.444. The number of carbonyl (C=O) groups excluding carboxylic acids is 1. The predicted octanol–water partition coefficient (Wildman–Crippen LogP) is 4.22. The average Bonchev–Trinajstić information content (AvgIpc) is 3.29. The first-order valence-electron chi connectivity index (χ1n) is 8.00. The van der Waals surface area contributed by atoms with Gasteiger partial charge in [0.2, 0.25) is 5.91 Å². The molecule has 4 nitrogen and oxygen atoms in total. The molecule has 1 aromatic heterocycles. The zero-order valence-corrected chi connectivity index (χ0v) is 14.6. The van der Waals surface area contributed by atoms with E-state index in [4.69, 9.17) is 9.72 Å². The molecule has 3 rings (SSSR count). The van der Waals surface area contributed by atoms with Gasteiger partial charge < -0.3 is 4.74 Å². The Labute approximate surface area is 141 Å². The highest BCUT2D eigenvalue weighted by Crippen LogP contribution is 2.35. The van der Waals surface area contributed by atoms with Crippen molar-refractivity contribution in [3.63, 3.8) is 0 Å². The number of anilines is 1. The zero-order chi connectivity index (χ0) is 16.4. The Morgan fingerprint density at radius 3 is 2.61 bits per heavy atom. The molecule has 1 saturated carbocycles. The Bertz CT molecular complexity index is 675. The van der Waals surface area contributed by atoms with Crippen LogP contribution in [0.25, 0.3) is 11.3 Å². The summed E-state index contributed by atoms with van der Waals surface area (Å²) >= 11 is 1.54. The van der Waals surface area contributed by atoms with Crippen molar-refractivity contribution in [1.82, 2.24) is 4.98 Å². The van der Waals surface area contributed by atoms with Gasteiger partial charge in [0.05, 0.1) is 12.8 Å². The highest BCUT2D eigenvalue weighted by atomic mass is 32.1. The zero-order valence-electron chi connectivity index (χ0n) is 13.8. The van der Waals surface area contributed by atoms with Crippen molar-refractivity contribution >= 4 is 22.4 Å². The van der Waals surface area contributed by atoms with Gasteiger partial charge in [-0.15, -0.1) is 11.3 Å². The fourth-order valence-electron chi connectivity index (χ4n) is 2.46. The normalized spacial score (nSPS) is 14.1. The molecule has 1 aromatic carbocycles. The Balaban J connectivity index is 1.83. The highest BCUT2D eigenvalue weighted by molar-refractivity contribution is 7.14. The van der Waals surface area contributed by atoms with Crippen LogP contribution in [0.5, 0.6) is 5.75 Å². The fourth-order valence-corrected chi connectivity index (χ4v) is 3.31. The van der Waals surface area contributed by atoms with Crippen LogP contribution in [-0.4, -0.2) is 24.5 Å². The average molecular weight is 330 g/mol. The van der Waals surface area contributed by atoms with E-state index in [0.717, 1.165) is 41.5 Å². The summed E-state index contributed by atoms with van der Waals surface area (Å²) in [4.78, 5) is 19.1. The van der Waals surface area contributed by atoms with Crippen LogP contribution in [0.3, 0.4) is 0 Å². The number of methoxy groups -OCH3 is 1. The van der Waals surface area contributed by atoms with Gasteiger partial charge in [-0.2, -0.15) is 0 Å². The first kappa shape index (κ1) is 16.0. The number of rotatable bonds is 6. The summed E-state index contributed by atoms with van der Waals surface area (Å²) in [6, 6.07) is 7.84. The molecule has 0 atom stereocenters. The monoisotopic (exact) mass is 330 g/mol. The summed E-state index contributed by atoms with van der Waals surface area (Å²) in [5.74, 6) is 1.69. The number of nitrogens with zero attached hydrogens (tertiary/aromatic N) is 2. The number of hydrogen-bond donors (Lipinski definition) is 0. The van der Waals surface area contributed by atoms with Crippen molar-refractivity contribution in [2.45, 2.75) is 26.7 Å². The van der Waals surface area contributed by atoms with Crippen molar-refractivity contribution in [2.24, 2.45) is 11.8 Å². The van der Waals surface area contributed by atoms with Crippen LogP contribution in [0.1, 0.15) is 26.7 Å². The topological polar surface area (TPSA) is 42.4 Å². The summed E-state index contributed by atoms with van der Waals surface area (Å²) in [5, 5.41) is 2.83. The molecule has 0 bridgehead atoms. The number of ether oxygens (including phenoxy) is 1. The molecule has 23 heavy (non-hydrogen) atoms. The van der Waals surface area contributed by atoms with E-state index in [1.807, 2.05) is 34.5 Å². The quantitative estimate of drug-likeness (QED) is 0.796. The molecule has 1 aliphatic rings. The second-order valence-electron chi connectivity index (χ2n) is 6.36. The number of hydrogen-bond acceptors (Lipinski definition) is 4. The van der Waals surface area contributed by atoms with Crippen molar-refractivity contribution in [1.29, 1.82) is 0 Å². The van der Waals surface area contributed by atoms with Crippen LogP contribution < -0.4 is 9.64 Å². The molecule has 2 aromatic rings. The summed E-state index contributed by atoms with van der Waals surface area (Å²) in [6.07, 6.45) is 2.04. The van der Waals surface area contributed by atoms with E-state index < -0.39 is 0 Å². The number of aromatic nitrogens is 1. The van der Waals surface area contributed by atoms with E-state index in [0.29, 0.717) is 5.92 Å². The first-order valence-corrected chi connectivity index (χ1v) is 8.87. The van der Waals surface area contributed by atoms with E-state index in [2.05, 4.69) is 13.8 Å². The third-order valence-electron chi connectivity index (χ3n) is 3.85. The summed E-state index contributed by atoms with van der Waals surface area (Å²) < 4.78 is 5.19. The standard InChI is InChI=1S/C18H22N2O2S/c1-12(2)10-20(17(21)14-4-5-14)18-19-16(11-23-18)13-6-8-15(22-3)9-7-13/h6-9,11-12,14H,4-5,10H2,1-3H3. The van der Waals surface area contributed by atoms with Crippen LogP contribution in [0.2, 0.25) is 0 Å². The van der Waals surface area contributed by atoms with E-state index in [1.54, 1.807) is 18.4 Å². The van der Waals surface area contributed by atoms with E-state index in [1.165, 1.54) is 0 Å². The lowest BCUT2D eigenvalue weighted by Crippen LogP contribution is -2.35. The van der Waals surface area contributed by atoms with Gasteiger partial charge in [0.25, 0.3) is 0 Å². The maximum absolute atomic E-state index is 12.5. The van der Waals surface area contributed by atoms with Crippen LogP contribution >= 0.6 is 11.3 Å². The van der Waals surface area contributed by atoms with Gasteiger partial charge in [-0.1, -0.05) is 13.8 Å². The van der Waals surface area contributed by atoms with Crippen LogP contribution in [0.4, 0.5) is 5.13 Å². The van der Waals surface area contributed by atoms with Gasteiger partial charge in [-0.3, -0.25) is 9.69 Å². The van der Waals surface area contributed by atoms with Gasteiger partial charge in [0, 0.05) is 23.4 Å². The lowest BCUT2D eigenvalue weighted by atomic mass is 10.2. The second-order valence-corrected chi connectivity index (χ2v) is 7.20. The molecule has 0 aliphatic heterocycles. The third-order valence-corrected chi connectivity index (χ3v) is 4.71. The lowest BCUT2D eigenvalue weighted by molar-refractivity contribution is -0.119. The molecule has 1 amide bonds. The minimum absolute atomic E-state index is 0.210. The third kappa shape index (κ3) is 3.72. The smallest absolute Gasteiger partial charge is 0.231 e. The van der Waals surface area contributed by atoms with Gasteiger partial charge in [0.15, 0.2) is 5.13 Å². The number of amides is 1. The first-order chi connectivity index (χ1) is 11.1. The molecule has 0 unspecified atom stereocenters. The summed E-state index contributed by atoms with van der Waals surface area (Å²) in [6.45, 7) is 4.99. The van der Waals surface area contributed by atoms with Gasteiger partial charge in [-0.25, -0.2) is 4.98 Å². The van der Waals surface area contributed by atoms with Crippen molar-refractivity contribution < 1.29 is 9.53 Å². The molecule has 0 spiro atoms. The Morgan fingerprint density at radius 1 is 1.35 bits per heavy atom. The maximum atomic E-state index is 12.5. The van der Waals surface area contributed by atoms with Crippen LogP contribution in [-0.2, 0) is 4.79 Å². The molecule has 0 radical (unpaired) electrons. The van der Waals surface area contributed by atoms with E-state index in [9.17, 15) is 4.79 Å². The molecule has 0 N–H and O–H groups in total. The molecule has 1 aliphatic carbocycles. The molecule has 1 heterocycles. The van der Waals surface area contributed by atoms with Crippen molar-refractivity contribution in [3.8, 4) is 17.0 Å². The lowest BCUT2D eigenvalue weighted by Gasteiger charge is -2.21. The second kappa shape index (κ2) is 6.71. The SMILES string of the molecule is COc1ccc(-c2csc(N(CC(C)C)C(=O)C3CC3)n2)cc1. The Morgan fingerprint density at radius 2 is 2.04 bits per heavy atom. The predicted molar refractivity (Wildman–Crippen MR) is 94.0 cm³/mol. The molecule has 0 saturated heterocycles. The van der Waals surface area contributed by atoms with Gasteiger partial charge >= 0.3 is 0 Å². The number of thiazole rings is 1. The van der Waals surface area contributed by atoms with Gasteiger partial charge in [-0.05, 0) is 43.0 Å². The molecule has 122 valence electrons. The summed E-state index contributed by atoms with van der Waals surface area (Å²) in [5.41, 5.74) is 1.95. The molecular formula is C18H22N2O2S. The van der Waals surface area contributed by atoms with Crippen LogP contribution in [0, 0.1) is 11.8 Å². The van der Waals surface area contributed by atoms with E-state index in [-0.39, 0.29) is 11.8 Å². The van der Waals surface area contributed by atoms with Crippen LogP contribution in [0.15, 0.2) is 29.6 Å². The summed E-state index contributed by atoms with van der Waals surface area (Å²) in [7, 11) is 1.66. The minimum atomic E-state index is 0.210. The van der Waals surface area contributed by atoms with Gasteiger partial charge in [0.1, 0.15) is 5.75 Å². The maximum Gasteiger partial charge on any atom is 0.231 e. The molecular weight excluding hydrogens is 308 g/mol. The number of carbonyl (C=O) groups is 1. The van der Waals surface area contributed by atoms with Crippen molar-refractivity contribution in [3.05, 3.63) is 29.6 Å². The molecule has 1 fully saturated rings. The Hall–Kier alpha value is -1.88.